The molecule has 1 heteroatoms. The average molecular weight is 358 g/mol. The van der Waals surface area contributed by atoms with Crippen LogP contribution in [0.3, 0.4) is 0 Å². The topological polar surface area (TPSA) is 23.8 Å². The molecule has 0 radical (unpaired) electrons. The van der Waals surface area contributed by atoms with Crippen molar-refractivity contribution in [3.05, 3.63) is 47.5 Å². The lowest BCUT2D eigenvalue weighted by Crippen LogP contribution is -1.98. The summed E-state index contributed by atoms with van der Waals surface area (Å²) >= 11 is 0. The average Bonchev–Trinajstić information content (AvgIpc) is 2.66. The summed E-state index contributed by atoms with van der Waals surface area (Å²) in [5, 5.41) is 8.86. The number of rotatable bonds is 10. The molecular weight excluding hydrogens is 314 g/mol. The van der Waals surface area contributed by atoms with Crippen LogP contribution in [0.15, 0.2) is 25.3 Å². The maximum Gasteiger partial charge on any atom is 0.0669 e. The molecule has 0 saturated heterocycles. The second kappa shape index (κ2) is 19.8. The fourth-order valence-corrected chi connectivity index (χ4v) is 2.98. The quantitative estimate of drug-likeness (QED) is 0.305. The van der Waals surface area contributed by atoms with Crippen molar-refractivity contribution >= 4 is 0 Å². The molecule has 0 heterocycles. The Morgan fingerprint density at radius 1 is 0.808 bits per heavy atom. The number of nitrogens with zero attached hydrogens (tertiary/aromatic N) is 1. The summed E-state index contributed by atoms with van der Waals surface area (Å²) in [6.07, 6.45) is 13.9. The fourth-order valence-electron chi connectivity index (χ4n) is 2.98. The molecular formula is C25H43N. The highest BCUT2D eigenvalue weighted by Gasteiger charge is 2.06. The van der Waals surface area contributed by atoms with E-state index in [9.17, 15) is 0 Å². The minimum atomic E-state index is 0.542. The van der Waals surface area contributed by atoms with Gasteiger partial charge in [-0.2, -0.15) is 5.26 Å². The largest absolute Gasteiger partial charge is 0.198 e. The molecule has 0 aromatic heterocycles. The Kier molecular flexibility index (Phi) is 20.3. The van der Waals surface area contributed by atoms with E-state index < -0.39 is 0 Å². The van der Waals surface area contributed by atoms with E-state index in [1.54, 1.807) is 0 Å². The smallest absolute Gasteiger partial charge is 0.0669 e. The predicted molar refractivity (Wildman–Crippen MR) is 119 cm³/mol. The van der Waals surface area contributed by atoms with Gasteiger partial charge in [-0.1, -0.05) is 84.3 Å². The zero-order valence-corrected chi connectivity index (χ0v) is 18.3. The lowest BCUT2D eigenvalue weighted by molar-refractivity contribution is 0.656. The van der Waals surface area contributed by atoms with Crippen LogP contribution in [0.4, 0.5) is 0 Å². The van der Waals surface area contributed by atoms with Crippen molar-refractivity contribution in [2.45, 2.75) is 105 Å². The number of unbranched alkanes of at least 4 members (excludes halogenated alkanes) is 7. The summed E-state index contributed by atoms with van der Waals surface area (Å²) < 4.78 is 0. The molecule has 0 fully saturated rings. The van der Waals surface area contributed by atoms with Crippen LogP contribution in [0.5, 0.6) is 0 Å². The van der Waals surface area contributed by atoms with Crippen LogP contribution in [-0.2, 0) is 12.8 Å². The van der Waals surface area contributed by atoms with Gasteiger partial charge in [0.2, 0.25) is 0 Å². The minimum Gasteiger partial charge on any atom is -0.198 e. The zero-order chi connectivity index (χ0) is 20.2. The Hall–Kier alpha value is -1.55. The van der Waals surface area contributed by atoms with E-state index in [4.69, 9.17) is 5.26 Å². The number of aryl methyl sites for hydroxylation is 2. The molecule has 1 rings (SSSR count). The lowest BCUT2D eigenvalue weighted by atomic mass is 9.93. The Morgan fingerprint density at radius 3 is 1.77 bits per heavy atom. The third-order valence-corrected chi connectivity index (χ3v) is 4.71. The Balaban J connectivity index is 0. The summed E-state index contributed by atoms with van der Waals surface area (Å²) in [6.45, 7) is 17.0. The van der Waals surface area contributed by atoms with Crippen LogP contribution >= 0.6 is 0 Å². The van der Waals surface area contributed by atoms with E-state index in [0.717, 1.165) is 6.42 Å². The molecule has 0 N–H and O–H groups in total. The van der Waals surface area contributed by atoms with Crippen molar-refractivity contribution in [2.75, 3.05) is 0 Å². The molecule has 1 aromatic rings. The van der Waals surface area contributed by atoms with Gasteiger partial charge in [0, 0.05) is 0 Å². The second-order valence-electron chi connectivity index (χ2n) is 6.85. The van der Waals surface area contributed by atoms with Gasteiger partial charge in [-0.05, 0) is 48.9 Å². The van der Waals surface area contributed by atoms with Crippen molar-refractivity contribution in [3.63, 3.8) is 0 Å². The van der Waals surface area contributed by atoms with Crippen LogP contribution in [0.25, 0.3) is 0 Å². The van der Waals surface area contributed by atoms with Crippen molar-refractivity contribution in [1.82, 2.24) is 0 Å². The van der Waals surface area contributed by atoms with E-state index >= 15 is 0 Å². The molecule has 0 atom stereocenters. The molecule has 0 saturated carbocycles. The molecule has 0 spiro atoms. The molecule has 0 aliphatic heterocycles. The van der Waals surface area contributed by atoms with E-state index in [1.807, 2.05) is 0 Å². The number of hydrogen-bond acceptors (Lipinski definition) is 1. The summed E-state index contributed by atoms with van der Waals surface area (Å²) in [4.78, 5) is 0. The normalized spacial score (nSPS) is 9.38. The first-order valence-electron chi connectivity index (χ1n) is 10.6. The lowest BCUT2D eigenvalue weighted by Gasteiger charge is -2.12. The first-order valence-corrected chi connectivity index (χ1v) is 10.6. The number of nitriles is 1. The SMILES string of the molecule is C=C.CCCCCCC.CCCCCCc1ccc(C)c(CC#N)c1C. The van der Waals surface area contributed by atoms with Crippen molar-refractivity contribution in [1.29, 1.82) is 5.26 Å². The van der Waals surface area contributed by atoms with Gasteiger partial charge in [0.25, 0.3) is 0 Å². The van der Waals surface area contributed by atoms with Gasteiger partial charge in [-0.15, -0.1) is 13.2 Å². The first kappa shape index (κ1) is 26.7. The molecule has 0 amide bonds. The standard InChI is InChI=1S/C16H23N.C7H16.C2H4/c1-4-5-6-7-8-15-10-9-13(2)16(11-12-17)14(15)3;1-3-5-7-6-4-2;1-2/h9-10H,4-8,11H2,1-3H3;3-7H2,1-2H3;1-2H2. The van der Waals surface area contributed by atoms with Crippen LogP contribution in [-0.4, -0.2) is 0 Å². The van der Waals surface area contributed by atoms with Crippen molar-refractivity contribution in [3.8, 4) is 6.07 Å². The Morgan fingerprint density at radius 2 is 1.31 bits per heavy atom. The van der Waals surface area contributed by atoms with Gasteiger partial charge >= 0.3 is 0 Å². The minimum absolute atomic E-state index is 0.542. The predicted octanol–water partition coefficient (Wildman–Crippen LogP) is 8.27. The highest BCUT2D eigenvalue weighted by molar-refractivity contribution is 5.41. The molecule has 0 unspecified atom stereocenters. The van der Waals surface area contributed by atoms with Gasteiger partial charge in [0.15, 0.2) is 0 Å². The van der Waals surface area contributed by atoms with Crippen LogP contribution < -0.4 is 0 Å². The third-order valence-electron chi connectivity index (χ3n) is 4.71. The number of hydrogen-bond donors (Lipinski definition) is 0. The second-order valence-corrected chi connectivity index (χ2v) is 6.85. The van der Waals surface area contributed by atoms with Gasteiger partial charge in [0.05, 0.1) is 12.5 Å². The summed E-state index contributed by atoms with van der Waals surface area (Å²) in [7, 11) is 0. The molecule has 1 aromatic carbocycles. The van der Waals surface area contributed by atoms with Gasteiger partial charge in [-0.3, -0.25) is 0 Å². The van der Waals surface area contributed by atoms with E-state index in [0.29, 0.717) is 6.42 Å². The van der Waals surface area contributed by atoms with Crippen LogP contribution in [0.1, 0.15) is 101 Å². The maximum absolute atomic E-state index is 8.86. The zero-order valence-electron chi connectivity index (χ0n) is 18.3. The summed E-state index contributed by atoms with van der Waals surface area (Å²) in [6, 6.07) is 6.66. The maximum atomic E-state index is 8.86. The van der Waals surface area contributed by atoms with E-state index in [1.165, 1.54) is 80.0 Å². The van der Waals surface area contributed by atoms with Crippen molar-refractivity contribution < 1.29 is 0 Å². The first-order chi connectivity index (χ1) is 12.6. The highest BCUT2D eigenvalue weighted by atomic mass is 14.2. The summed E-state index contributed by atoms with van der Waals surface area (Å²) in [5.41, 5.74) is 5.25. The number of benzene rings is 1. The summed E-state index contributed by atoms with van der Waals surface area (Å²) in [5.74, 6) is 0. The molecule has 1 nitrogen and oxygen atoms in total. The third kappa shape index (κ3) is 12.8. The molecule has 0 bridgehead atoms. The van der Waals surface area contributed by atoms with Crippen LogP contribution in [0, 0.1) is 25.2 Å². The van der Waals surface area contributed by atoms with Crippen molar-refractivity contribution in [2.24, 2.45) is 0 Å². The van der Waals surface area contributed by atoms with Gasteiger partial charge < -0.3 is 0 Å². The van der Waals surface area contributed by atoms with Gasteiger partial charge in [0.1, 0.15) is 0 Å². The fraction of sp³-hybridized carbons (Fsp3) is 0.640. The molecule has 26 heavy (non-hydrogen) atoms. The van der Waals surface area contributed by atoms with E-state index in [2.05, 4.69) is 66.0 Å². The van der Waals surface area contributed by atoms with Gasteiger partial charge in [-0.25, -0.2) is 0 Å². The Labute approximate surface area is 164 Å². The highest BCUT2D eigenvalue weighted by Crippen LogP contribution is 2.20. The monoisotopic (exact) mass is 357 g/mol. The molecule has 148 valence electrons. The Bertz CT molecular complexity index is 478. The molecule has 0 aliphatic rings. The molecule has 0 aliphatic carbocycles. The van der Waals surface area contributed by atoms with E-state index in [-0.39, 0.29) is 0 Å². The van der Waals surface area contributed by atoms with Crippen LogP contribution in [0.2, 0.25) is 0 Å².